The minimum absolute atomic E-state index is 0.107. The van der Waals surface area contributed by atoms with E-state index in [0.29, 0.717) is 0 Å². The van der Waals surface area contributed by atoms with E-state index < -0.39 is 0 Å². The van der Waals surface area contributed by atoms with E-state index in [9.17, 15) is 4.79 Å². The molecular formula is C20H17NO2. The average molecular weight is 303 g/mol. The number of H-pyrrole nitrogens is 1. The third-order valence-electron chi connectivity index (χ3n) is 4.48. The maximum absolute atomic E-state index is 12.8. The second kappa shape index (κ2) is 5.43. The van der Waals surface area contributed by atoms with Gasteiger partial charge < -0.3 is 9.72 Å². The predicted molar refractivity (Wildman–Crippen MR) is 91.9 cm³/mol. The Labute approximate surface area is 134 Å². The first-order valence-electron chi connectivity index (χ1n) is 7.75. The monoisotopic (exact) mass is 303 g/mol. The van der Waals surface area contributed by atoms with Gasteiger partial charge in [0.2, 0.25) is 0 Å². The molecule has 23 heavy (non-hydrogen) atoms. The second-order valence-corrected chi connectivity index (χ2v) is 5.77. The van der Waals surface area contributed by atoms with Crippen LogP contribution >= 0.6 is 0 Å². The summed E-state index contributed by atoms with van der Waals surface area (Å²) in [6, 6.07) is 13.8. The lowest BCUT2D eigenvalue weighted by Gasteiger charge is -2.19. The predicted octanol–water partition coefficient (Wildman–Crippen LogP) is 4.39. The zero-order chi connectivity index (χ0) is 15.8. The molecule has 0 atom stereocenters. The summed E-state index contributed by atoms with van der Waals surface area (Å²) in [7, 11) is 1.65. The van der Waals surface area contributed by atoms with E-state index in [1.165, 1.54) is 0 Å². The van der Waals surface area contributed by atoms with Gasteiger partial charge in [-0.15, -0.1) is 0 Å². The quantitative estimate of drug-likeness (QED) is 0.713. The molecule has 0 unspecified atom stereocenters. The summed E-state index contributed by atoms with van der Waals surface area (Å²) in [5.74, 6) is 0.914. The lowest BCUT2D eigenvalue weighted by Crippen LogP contribution is -2.15. The van der Waals surface area contributed by atoms with Crippen molar-refractivity contribution in [2.24, 2.45) is 0 Å². The highest BCUT2D eigenvalue weighted by molar-refractivity contribution is 6.14. The lowest BCUT2D eigenvalue weighted by atomic mass is 9.85. The molecule has 0 bridgehead atoms. The van der Waals surface area contributed by atoms with E-state index in [1.807, 2.05) is 48.7 Å². The van der Waals surface area contributed by atoms with Crippen LogP contribution in [0.5, 0.6) is 5.75 Å². The van der Waals surface area contributed by atoms with E-state index in [1.54, 1.807) is 7.11 Å². The largest absolute Gasteiger partial charge is 0.496 e. The first kappa shape index (κ1) is 13.8. The average Bonchev–Trinajstić information content (AvgIpc) is 3.00. The van der Waals surface area contributed by atoms with Gasteiger partial charge in [-0.05, 0) is 31.1 Å². The Hall–Kier alpha value is -2.81. The van der Waals surface area contributed by atoms with Crippen LogP contribution in [0.3, 0.4) is 0 Å². The van der Waals surface area contributed by atoms with Crippen LogP contribution in [0.15, 0.2) is 54.2 Å². The lowest BCUT2D eigenvalue weighted by molar-refractivity contribution is 0.102. The van der Waals surface area contributed by atoms with Crippen molar-refractivity contribution in [3.05, 3.63) is 70.9 Å². The van der Waals surface area contributed by atoms with Gasteiger partial charge >= 0.3 is 0 Å². The number of nitrogens with one attached hydrogen (secondary N) is 1. The summed E-state index contributed by atoms with van der Waals surface area (Å²) in [5.41, 5.74) is 4.80. The van der Waals surface area contributed by atoms with Crippen molar-refractivity contribution in [3.8, 4) is 5.75 Å². The molecule has 2 aromatic carbocycles. The number of carbonyl (C=O) groups excluding carboxylic acids is 1. The molecule has 0 saturated carbocycles. The Kier molecular flexibility index (Phi) is 3.27. The molecule has 0 fully saturated rings. The van der Waals surface area contributed by atoms with Crippen LogP contribution in [-0.2, 0) is 6.42 Å². The van der Waals surface area contributed by atoms with Crippen LogP contribution in [0.25, 0.3) is 17.0 Å². The molecule has 114 valence electrons. The number of aromatic amines is 1. The second-order valence-electron chi connectivity index (χ2n) is 5.77. The zero-order valence-corrected chi connectivity index (χ0v) is 12.9. The van der Waals surface area contributed by atoms with Gasteiger partial charge in [-0.25, -0.2) is 0 Å². The van der Waals surface area contributed by atoms with Crippen LogP contribution in [0.2, 0.25) is 0 Å². The van der Waals surface area contributed by atoms with Crippen LogP contribution in [-0.4, -0.2) is 17.9 Å². The van der Waals surface area contributed by atoms with E-state index in [4.69, 9.17) is 4.74 Å². The van der Waals surface area contributed by atoms with Crippen molar-refractivity contribution in [2.75, 3.05) is 7.11 Å². The van der Waals surface area contributed by atoms with Gasteiger partial charge in [-0.3, -0.25) is 4.79 Å². The van der Waals surface area contributed by atoms with Crippen molar-refractivity contribution in [2.45, 2.75) is 12.8 Å². The normalized spacial score (nSPS) is 15.9. The molecule has 4 rings (SSSR count). The third-order valence-corrected chi connectivity index (χ3v) is 4.48. The van der Waals surface area contributed by atoms with Gasteiger partial charge in [-0.1, -0.05) is 30.3 Å². The molecule has 3 nitrogen and oxygen atoms in total. The number of ketones is 1. The Morgan fingerprint density at radius 2 is 1.96 bits per heavy atom. The number of hydrogen-bond donors (Lipinski definition) is 1. The fraction of sp³-hybridized carbons (Fsp3) is 0.150. The van der Waals surface area contributed by atoms with Crippen LogP contribution in [0.4, 0.5) is 0 Å². The number of Topliss-reactive ketones (excluding diaryl/α,β-unsaturated/α-hetero) is 1. The molecule has 1 heterocycles. The standard InChI is InChI=1S/C20H17NO2/c1-23-19-8-4-6-17-16(19)10-9-13(20(17)22)11-14-12-21-18-7-3-2-5-15(14)18/h2-8,11-12,21H,9-10H2,1H3/b13-11+. The number of fused-ring (bicyclic) bond motifs is 2. The highest BCUT2D eigenvalue weighted by Gasteiger charge is 2.24. The first-order chi connectivity index (χ1) is 11.3. The Balaban J connectivity index is 1.78. The number of aromatic nitrogens is 1. The molecule has 0 amide bonds. The number of hydrogen-bond acceptors (Lipinski definition) is 2. The molecular weight excluding hydrogens is 286 g/mol. The third kappa shape index (κ3) is 2.25. The number of rotatable bonds is 2. The molecule has 3 aromatic rings. The van der Waals surface area contributed by atoms with E-state index >= 15 is 0 Å². The van der Waals surface area contributed by atoms with Gasteiger partial charge in [0.05, 0.1) is 7.11 Å². The highest BCUT2D eigenvalue weighted by Crippen LogP contribution is 2.33. The summed E-state index contributed by atoms with van der Waals surface area (Å²) >= 11 is 0. The van der Waals surface area contributed by atoms with Crippen molar-refractivity contribution in [1.29, 1.82) is 0 Å². The Morgan fingerprint density at radius 3 is 2.83 bits per heavy atom. The van der Waals surface area contributed by atoms with Gasteiger partial charge in [0.25, 0.3) is 0 Å². The van der Waals surface area contributed by atoms with Crippen LogP contribution in [0, 0.1) is 0 Å². The van der Waals surface area contributed by atoms with E-state index in [-0.39, 0.29) is 5.78 Å². The molecule has 0 aliphatic heterocycles. The Morgan fingerprint density at radius 1 is 1.09 bits per heavy atom. The summed E-state index contributed by atoms with van der Waals surface area (Å²) in [4.78, 5) is 16.1. The maximum Gasteiger partial charge on any atom is 0.189 e. The Bertz CT molecular complexity index is 934. The van der Waals surface area contributed by atoms with Gasteiger partial charge in [0.15, 0.2) is 5.78 Å². The smallest absolute Gasteiger partial charge is 0.189 e. The molecule has 0 radical (unpaired) electrons. The summed E-state index contributed by atoms with van der Waals surface area (Å²) in [6.07, 6.45) is 5.56. The topological polar surface area (TPSA) is 42.1 Å². The minimum atomic E-state index is 0.107. The fourth-order valence-corrected chi connectivity index (χ4v) is 3.31. The minimum Gasteiger partial charge on any atom is -0.496 e. The van der Waals surface area contributed by atoms with E-state index in [0.717, 1.165) is 51.8 Å². The highest BCUT2D eigenvalue weighted by atomic mass is 16.5. The number of ether oxygens (including phenoxy) is 1. The summed E-state index contributed by atoms with van der Waals surface area (Å²) in [5, 5.41) is 1.14. The van der Waals surface area contributed by atoms with Crippen molar-refractivity contribution in [1.82, 2.24) is 4.98 Å². The maximum atomic E-state index is 12.8. The molecule has 0 saturated heterocycles. The molecule has 1 N–H and O–H groups in total. The van der Waals surface area contributed by atoms with E-state index in [2.05, 4.69) is 11.1 Å². The molecule has 1 aliphatic carbocycles. The molecule has 1 aromatic heterocycles. The SMILES string of the molecule is COc1cccc2c1CC/C(=C\c1c[nH]c3ccccc13)C2=O. The van der Waals surface area contributed by atoms with Crippen LogP contribution < -0.4 is 4.74 Å². The zero-order valence-electron chi connectivity index (χ0n) is 12.9. The van der Waals surface area contributed by atoms with Gasteiger partial charge in [0, 0.05) is 39.4 Å². The van der Waals surface area contributed by atoms with Crippen LogP contribution in [0.1, 0.15) is 27.9 Å². The first-order valence-corrected chi connectivity index (χ1v) is 7.75. The molecule has 3 heteroatoms. The number of allylic oxidation sites excluding steroid dienone is 1. The summed E-state index contributed by atoms with van der Waals surface area (Å²) in [6.45, 7) is 0. The number of carbonyl (C=O) groups is 1. The number of para-hydroxylation sites is 1. The number of benzene rings is 2. The molecule has 1 aliphatic rings. The van der Waals surface area contributed by atoms with Crippen molar-refractivity contribution in [3.63, 3.8) is 0 Å². The summed E-state index contributed by atoms with van der Waals surface area (Å²) < 4.78 is 5.38. The number of methoxy groups -OCH3 is 1. The molecule has 0 spiro atoms. The van der Waals surface area contributed by atoms with Crippen molar-refractivity contribution < 1.29 is 9.53 Å². The van der Waals surface area contributed by atoms with Gasteiger partial charge in [0.1, 0.15) is 5.75 Å². The van der Waals surface area contributed by atoms with Crippen molar-refractivity contribution >= 4 is 22.8 Å². The fourth-order valence-electron chi connectivity index (χ4n) is 3.31. The van der Waals surface area contributed by atoms with Gasteiger partial charge in [-0.2, -0.15) is 0 Å².